The Kier molecular flexibility index (Phi) is 4.65. The topological polar surface area (TPSA) is 82.2 Å². The largest absolute Gasteiger partial charge is 0.389 e. The van der Waals surface area contributed by atoms with Crippen molar-refractivity contribution < 1.29 is 4.79 Å². The maximum atomic E-state index is 12.2. The summed E-state index contributed by atoms with van der Waals surface area (Å²) in [7, 11) is 0. The van der Waals surface area contributed by atoms with Crippen molar-refractivity contribution in [2.75, 3.05) is 18.8 Å². The number of carbonyl (C=O) groups is 1. The van der Waals surface area contributed by atoms with Crippen LogP contribution in [0.5, 0.6) is 0 Å². The molecule has 118 valence electrons. The highest BCUT2D eigenvalue weighted by Crippen LogP contribution is 2.34. The molecule has 1 saturated carbocycles. The number of anilines is 1. The maximum absolute atomic E-state index is 12.2. The molecule has 5 nitrogen and oxygen atoms in total. The van der Waals surface area contributed by atoms with Crippen LogP contribution in [0.15, 0.2) is 0 Å². The fraction of sp³-hybridized carbons (Fsp3) is 0.625. The summed E-state index contributed by atoms with van der Waals surface area (Å²) in [5.74, 6) is 0.125. The van der Waals surface area contributed by atoms with Crippen LogP contribution in [-0.4, -0.2) is 29.9 Å². The van der Waals surface area contributed by atoms with Gasteiger partial charge in [0.05, 0.1) is 12.1 Å². The zero-order valence-electron chi connectivity index (χ0n) is 12.7. The molecule has 0 aromatic carbocycles. The van der Waals surface area contributed by atoms with E-state index in [0.717, 1.165) is 42.8 Å². The van der Waals surface area contributed by atoms with Gasteiger partial charge in [-0.1, -0.05) is 19.3 Å². The third-order valence-electron chi connectivity index (χ3n) is 4.61. The van der Waals surface area contributed by atoms with E-state index in [0.29, 0.717) is 23.2 Å². The molecular formula is C16H22N4OS. The van der Waals surface area contributed by atoms with Gasteiger partial charge in [0.2, 0.25) is 5.91 Å². The number of amides is 1. The highest BCUT2D eigenvalue weighted by molar-refractivity contribution is 7.16. The van der Waals surface area contributed by atoms with Crippen LogP contribution in [0.2, 0.25) is 0 Å². The number of nitrogen functional groups attached to an aromatic ring is 1. The third-order valence-corrected chi connectivity index (χ3v) is 5.66. The van der Waals surface area contributed by atoms with Crippen molar-refractivity contribution in [1.29, 1.82) is 5.26 Å². The molecule has 3 rings (SSSR count). The summed E-state index contributed by atoms with van der Waals surface area (Å²) < 4.78 is 0. The number of fused-ring (bicyclic) bond motifs is 1. The van der Waals surface area contributed by atoms with E-state index in [-0.39, 0.29) is 5.91 Å². The molecule has 1 aromatic rings. The Morgan fingerprint density at radius 3 is 2.91 bits per heavy atom. The Morgan fingerprint density at radius 1 is 1.41 bits per heavy atom. The second kappa shape index (κ2) is 6.67. The minimum atomic E-state index is 0.125. The molecule has 22 heavy (non-hydrogen) atoms. The van der Waals surface area contributed by atoms with Gasteiger partial charge in [-0.25, -0.2) is 0 Å². The number of thiophene rings is 1. The van der Waals surface area contributed by atoms with Gasteiger partial charge in [0.1, 0.15) is 11.1 Å². The van der Waals surface area contributed by atoms with E-state index in [4.69, 9.17) is 11.0 Å². The zero-order valence-corrected chi connectivity index (χ0v) is 13.5. The van der Waals surface area contributed by atoms with E-state index < -0.39 is 0 Å². The summed E-state index contributed by atoms with van der Waals surface area (Å²) in [6.07, 6.45) is 6.78. The Labute approximate surface area is 135 Å². The van der Waals surface area contributed by atoms with Crippen molar-refractivity contribution >= 4 is 22.2 Å². The highest BCUT2D eigenvalue weighted by atomic mass is 32.1. The van der Waals surface area contributed by atoms with Gasteiger partial charge < -0.3 is 11.1 Å². The van der Waals surface area contributed by atoms with Crippen LogP contribution in [0.3, 0.4) is 0 Å². The van der Waals surface area contributed by atoms with Gasteiger partial charge in [0.15, 0.2) is 0 Å². The summed E-state index contributed by atoms with van der Waals surface area (Å²) >= 11 is 1.49. The van der Waals surface area contributed by atoms with Crippen molar-refractivity contribution in [2.45, 2.75) is 51.1 Å². The Morgan fingerprint density at radius 2 is 2.18 bits per heavy atom. The van der Waals surface area contributed by atoms with E-state index in [1.165, 1.54) is 30.6 Å². The first-order valence-electron chi connectivity index (χ1n) is 7.99. The summed E-state index contributed by atoms with van der Waals surface area (Å²) in [6, 6.07) is 2.57. The lowest BCUT2D eigenvalue weighted by molar-refractivity contribution is -0.123. The highest BCUT2D eigenvalue weighted by Gasteiger charge is 2.25. The summed E-state index contributed by atoms with van der Waals surface area (Å²) in [6.45, 7) is 1.98. The fourth-order valence-electron chi connectivity index (χ4n) is 3.46. The zero-order chi connectivity index (χ0) is 15.5. The number of rotatable bonds is 3. The smallest absolute Gasteiger partial charge is 0.234 e. The molecule has 0 radical (unpaired) electrons. The van der Waals surface area contributed by atoms with Gasteiger partial charge in [0, 0.05) is 24.0 Å². The average Bonchev–Trinajstić information content (AvgIpc) is 2.82. The SMILES string of the molecule is N#Cc1c(N)sc2c1CCN(CC(=O)NC1CCCCC1)C2. The van der Waals surface area contributed by atoms with Gasteiger partial charge in [-0.3, -0.25) is 9.69 Å². The van der Waals surface area contributed by atoms with E-state index in [9.17, 15) is 4.79 Å². The van der Waals surface area contributed by atoms with Gasteiger partial charge >= 0.3 is 0 Å². The van der Waals surface area contributed by atoms with E-state index in [1.54, 1.807) is 0 Å². The molecule has 0 atom stereocenters. The molecule has 1 fully saturated rings. The molecule has 2 aliphatic rings. The van der Waals surface area contributed by atoms with Crippen molar-refractivity contribution in [3.8, 4) is 6.07 Å². The van der Waals surface area contributed by atoms with Crippen molar-refractivity contribution in [2.24, 2.45) is 0 Å². The summed E-state index contributed by atoms with van der Waals surface area (Å²) in [5, 5.41) is 12.9. The van der Waals surface area contributed by atoms with Crippen LogP contribution in [-0.2, 0) is 17.8 Å². The Balaban J connectivity index is 1.56. The van der Waals surface area contributed by atoms with E-state index in [1.807, 2.05) is 0 Å². The second-order valence-electron chi connectivity index (χ2n) is 6.22. The molecule has 0 unspecified atom stereocenters. The standard InChI is InChI=1S/C16H22N4OS/c17-8-13-12-6-7-20(9-14(12)22-16(13)18)10-15(21)19-11-4-2-1-3-5-11/h11H,1-7,9-10,18H2,(H,19,21). The third kappa shape index (κ3) is 3.26. The molecule has 2 heterocycles. The van der Waals surface area contributed by atoms with Gasteiger partial charge in [-0.2, -0.15) is 5.26 Å². The maximum Gasteiger partial charge on any atom is 0.234 e. The van der Waals surface area contributed by atoms with Crippen LogP contribution < -0.4 is 11.1 Å². The molecule has 1 aromatic heterocycles. The predicted molar refractivity (Wildman–Crippen MR) is 87.4 cm³/mol. The van der Waals surface area contributed by atoms with Crippen LogP contribution in [0.25, 0.3) is 0 Å². The van der Waals surface area contributed by atoms with Crippen LogP contribution >= 0.6 is 11.3 Å². The lowest BCUT2D eigenvalue weighted by Crippen LogP contribution is -2.44. The quantitative estimate of drug-likeness (QED) is 0.893. The Bertz CT molecular complexity index is 598. The summed E-state index contributed by atoms with van der Waals surface area (Å²) in [4.78, 5) is 15.5. The van der Waals surface area contributed by atoms with E-state index in [2.05, 4.69) is 16.3 Å². The van der Waals surface area contributed by atoms with Gasteiger partial charge in [-0.15, -0.1) is 11.3 Å². The van der Waals surface area contributed by atoms with Crippen LogP contribution in [0.4, 0.5) is 5.00 Å². The average molecular weight is 318 g/mol. The van der Waals surface area contributed by atoms with E-state index >= 15 is 0 Å². The number of hydrogen-bond donors (Lipinski definition) is 2. The lowest BCUT2D eigenvalue weighted by atomic mass is 9.95. The lowest BCUT2D eigenvalue weighted by Gasteiger charge is -2.28. The van der Waals surface area contributed by atoms with Gasteiger partial charge in [0.25, 0.3) is 0 Å². The minimum absolute atomic E-state index is 0.125. The molecule has 0 spiro atoms. The first kappa shape index (κ1) is 15.3. The van der Waals surface area contributed by atoms with Crippen molar-refractivity contribution in [3.05, 3.63) is 16.0 Å². The van der Waals surface area contributed by atoms with Crippen molar-refractivity contribution in [3.63, 3.8) is 0 Å². The molecule has 1 aliphatic carbocycles. The number of nitrogens with one attached hydrogen (secondary N) is 1. The Hall–Kier alpha value is -1.58. The first-order chi connectivity index (χ1) is 10.7. The number of nitrogens with zero attached hydrogens (tertiary/aromatic N) is 2. The van der Waals surface area contributed by atoms with Crippen LogP contribution in [0, 0.1) is 11.3 Å². The second-order valence-corrected chi connectivity index (χ2v) is 7.35. The molecule has 1 amide bonds. The number of carbonyl (C=O) groups excluding carboxylic acids is 1. The molecule has 0 saturated heterocycles. The number of hydrogen-bond acceptors (Lipinski definition) is 5. The molecule has 0 bridgehead atoms. The van der Waals surface area contributed by atoms with Crippen LogP contribution in [0.1, 0.15) is 48.1 Å². The fourth-order valence-corrected chi connectivity index (χ4v) is 4.57. The number of nitrogens with two attached hydrogens (primary N) is 1. The molecule has 6 heteroatoms. The van der Waals surface area contributed by atoms with Crippen molar-refractivity contribution in [1.82, 2.24) is 10.2 Å². The monoisotopic (exact) mass is 318 g/mol. The number of nitriles is 1. The molecule has 3 N–H and O–H groups in total. The normalized spacial score (nSPS) is 19.4. The molecule has 1 aliphatic heterocycles. The summed E-state index contributed by atoms with van der Waals surface area (Å²) in [5.41, 5.74) is 7.64. The predicted octanol–water partition coefficient (Wildman–Crippen LogP) is 2.01. The molecular weight excluding hydrogens is 296 g/mol. The minimum Gasteiger partial charge on any atom is -0.389 e. The first-order valence-corrected chi connectivity index (χ1v) is 8.81. The van der Waals surface area contributed by atoms with Gasteiger partial charge in [-0.05, 0) is 24.8 Å².